The molecule has 1 aliphatic heterocycles. The van der Waals surface area contributed by atoms with Gasteiger partial charge in [0.15, 0.2) is 6.29 Å². The summed E-state index contributed by atoms with van der Waals surface area (Å²) in [5.41, 5.74) is 0. The first kappa shape index (κ1) is 19.6. The van der Waals surface area contributed by atoms with E-state index in [0.29, 0.717) is 0 Å². The van der Waals surface area contributed by atoms with E-state index >= 15 is 0 Å². The van der Waals surface area contributed by atoms with Crippen molar-refractivity contribution in [1.82, 2.24) is 0 Å². The summed E-state index contributed by atoms with van der Waals surface area (Å²) in [6.45, 7) is 0.00339. The lowest BCUT2D eigenvalue weighted by atomic mass is 9.99. The van der Waals surface area contributed by atoms with Crippen LogP contribution in [0.4, 0.5) is 0 Å². The van der Waals surface area contributed by atoms with Crippen molar-refractivity contribution in [2.24, 2.45) is 0 Å². The van der Waals surface area contributed by atoms with Gasteiger partial charge in [-0.2, -0.15) is 0 Å². The highest BCUT2D eigenvalue weighted by atomic mass is 16.7. The molecule has 132 valence electrons. The molecule has 1 heterocycles. The highest BCUT2D eigenvalue weighted by Gasteiger charge is 2.44. The molecule has 0 aromatic rings. The van der Waals surface area contributed by atoms with E-state index in [0.717, 1.165) is 0 Å². The predicted octanol–water partition coefficient (Wildman–Crippen LogP) is -4.73. The molecule has 0 saturated carbocycles. The maximum absolute atomic E-state index is 9.69. The van der Waals surface area contributed by atoms with Gasteiger partial charge in [-0.15, -0.1) is 0 Å². The fraction of sp³-hybridized carbons (Fsp3) is 1.00. The first-order valence-corrected chi connectivity index (χ1v) is 6.85. The lowest BCUT2D eigenvalue weighted by molar-refractivity contribution is -0.306. The first-order chi connectivity index (χ1) is 10.2. The highest BCUT2D eigenvalue weighted by molar-refractivity contribution is 4.89. The summed E-state index contributed by atoms with van der Waals surface area (Å²) in [7, 11) is 0. The van der Waals surface area contributed by atoms with Crippen LogP contribution in [0.3, 0.4) is 0 Å². The summed E-state index contributed by atoms with van der Waals surface area (Å²) in [6, 6.07) is 0. The van der Waals surface area contributed by atoms with Crippen LogP contribution in [-0.4, -0.2) is 109 Å². The van der Waals surface area contributed by atoms with Gasteiger partial charge >= 0.3 is 0 Å². The van der Waals surface area contributed by atoms with Crippen LogP contribution in [0.25, 0.3) is 0 Å². The van der Waals surface area contributed by atoms with Crippen molar-refractivity contribution < 1.29 is 50.3 Å². The average molecular weight is 328 g/mol. The molecule has 10 heteroatoms. The maximum Gasteiger partial charge on any atom is 0.186 e. The minimum absolute atomic E-state index is 0.590. The second kappa shape index (κ2) is 8.45. The Morgan fingerprint density at radius 1 is 0.955 bits per heavy atom. The average Bonchev–Trinajstić information content (AvgIpc) is 2.50. The molecular formula is C12H24O10. The van der Waals surface area contributed by atoms with E-state index in [1.807, 2.05) is 0 Å². The Morgan fingerprint density at radius 2 is 1.55 bits per heavy atom. The quantitative estimate of drug-likeness (QED) is 0.226. The summed E-state index contributed by atoms with van der Waals surface area (Å²) in [4.78, 5) is 0. The minimum Gasteiger partial charge on any atom is -0.394 e. The molecular weight excluding hydrogens is 304 g/mol. The molecule has 0 aliphatic carbocycles. The number of hydrogen-bond acceptors (Lipinski definition) is 10. The Morgan fingerprint density at radius 3 is 2.05 bits per heavy atom. The van der Waals surface area contributed by atoms with Crippen molar-refractivity contribution in [3.8, 4) is 0 Å². The Bertz CT molecular complexity index is 325. The Hall–Kier alpha value is -0.400. The molecule has 0 aromatic carbocycles. The molecule has 1 saturated heterocycles. The van der Waals surface area contributed by atoms with Crippen molar-refractivity contribution in [3.05, 3.63) is 0 Å². The normalized spacial score (nSPS) is 38.3. The third-order valence-corrected chi connectivity index (χ3v) is 3.52. The summed E-state index contributed by atoms with van der Waals surface area (Å²) in [5, 5.41) is 75.6. The SMILES string of the molecule is C[C@H](O)[C@@H](O)[C@H](O)[C@H](O)CO[C@H]1O[C@H](CO)[C@H](O)[C@H](O)[C@H]1O. The van der Waals surface area contributed by atoms with Crippen molar-refractivity contribution in [1.29, 1.82) is 0 Å². The number of hydrogen-bond donors (Lipinski definition) is 8. The van der Waals surface area contributed by atoms with Gasteiger partial charge in [-0.25, -0.2) is 0 Å². The van der Waals surface area contributed by atoms with Crippen LogP contribution in [0.2, 0.25) is 0 Å². The zero-order valence-corrected chi connectivity index (χ0v) is 12.0. The molecule has 1 fully saturated rings. The molecule has 8 N–H and O–H groups in total. The van der Waals surface area contributed by atoms with Crippen LogP contribution in [0, 0.1) is 0 Å². The fourth-order valence-electron chi connectivity index (χ4n) is 2.01. The Labute approximate surface area is 126 Å². The lowest BCUT2D eigenvalue weighted by Gasteiger charge is -2.40. The van der Waals surface area contributed by atoms with E-state index in [4.69, 9.17) is 19.7 Å². The van der Waals surface area contributed by atoms with E-state index in [2.05, 4.69) is 0 Å². The lowest BCUT2D eigenvalue weighted by Crippen LogP contribution is -2.59. The second-order valence-electron chi connectivity index (χ2n) is 5.32. The molecule has 9 atom stereocenters. The Kier molecular flexibility index (Phi) is 7.55. The van der Waals surface area contributed by atoms with Crippen molar-refractivity contribution >= 4 is 0 Å². The van der Waals surface area contributed by atoms with Crippen LogP contribution in [0.1, 0.15) is 6.92 Å². The molecule has 0 amide bonds. The molecule has 1 aliphatic rings. The third-order valence-electron chi connectivity index (χ3n) is 3.52. The summed E-state index contributed by atoms with van der Waals surface area (Å²) >= 11 is 0. The maximum atomic E-state index is 9.69. The van der Waals surface area contributed by atoms with Crippen LogP contribution in [-0.2, 0) is 9.47 Å². The van der Waals surface area contributed by atoms with Gasteiger partial charge in [-0.1, -0.05) is 0 Å². The largest absolute Gasteiger partial charge is 0.394 e. The van der Waals surface area contributed by atoms with Crippen LogP contribution < -0.4 is 0 Å². The van der Waals surface area contributed by atoms with Gasteiger partial charge in [-0.05, 0) is 6.92 Å². The van der Waals surface area contributed by atoms with Gasteiger partial charge in [0.1, 0.15) is 42.7 Å². The molecule has 0 spiro atoms. The summed E-state index contributed by atoms with van der Waals surface area (Å²) in [5.74, 6) is 0. The van der Waals surface area contributed by atoms with Crippen molar-refractivity contribution in [3.63, 3.8) is 0 Å². The summed E-state index contributed by atoms with van der Waals surface area (Å²) in [6.07, 6.45) is -13.6. The smallest absolute Gasteiger partial charge is 0.186 e. The van der Waals surface area contributed by atoms with Gasteiger partial charge < -0.3 is 50.3 Å². The van der Waals surface area contributed by atoms with Gasteiger partial charge in [0.05, 0.1) is 19.3 Å². The van der Waals surface area contributed by atoms with Gasteiger partial charge in [0, 0.05) is 0 Å². The molecule has 10 nitrogen and oxygen atoms in total. The highest BCUT2D eigenvalue weighted by Crippen LogP contribution is 2.22. The molecule has 0 unspecified atom stereocenters. The minimum atomic E-state index is -1.70. The monoisotopic (exact) mass is 328 g/mol. The van der Waals surface area contributed by atoms with Gasteiger partial charge in [-0.3, -0.25) is 0 Å². The fourth-order valence-corrected chi connectivity index (χ4v) is 2.01. The molecule has 1 rings (SSSR count). The van der Waals surface area contributed by atoms with Crippen LogP contribution in [0.5, 0.6) is 0 Å². The zero-order valence-electron chi connectivity index (χ0n) is 12.0. The van der Waals surface area contributed by atoms with E-state index in [1.165, 1.54) is 6.92 Å². The topological polar surface area (TPSA) is 180 Å². The predicted molar refractivity (Wildman–Crippen MR) is 69.4 cm³/mol. The van der Waals surface area contributed by atoms with Crippen LogP contribution in [0.15, 0.2) is 0 Å². The molecule has 22 heavy (non-hydrogen) atoms. The molecule has 0 aromatic heterocycles. The van der Waals surface area contributed by atoms with E-state index < -0.39 is 68.3 Å². The first-order valence-electron chi connectivity index (χ1n) is 6.85. The van der Waals surface area contributed by atoms with Crippen molar-refractivity contribution in [2.45, 2.75) is 62.0 Å². The number of ether oxygens (including phenoxy) is 2. The number of aliphatic hydroxyl groups excluding tert-OH is 8. The summed E-state index contributed by atoms with van der Waals surface area (Å²) < 4.78 is 10.0. The standard InChI is InChI=1S/C12H24O10/c1-4(14)7(16)8(17)5(15)3-21-12-11(20)10(19)9(18)6(2-13)22-12/h4-20H,2-3H2,1H3/t4-,5+,6+,7+,8+,9-,10-,11+,12-/m0/s1. The third kappa shape index (κ3) is 4.55. The van der Waals surface area contributed by atoms with Crippen molar-refractivity contribution in [2.75, 3.05) is 13.2 Å². The van der Waals surface area contributed by atoms with E-state index in [-0.39, 0.29) is 0 Å². The Balaban J connectivity index is 2.55. The molecule has 0 radical (unpaired) electrons. The van der Waals surface area contributed by atoms with Gasteiger partial charge in [0.2, 0.25) is 0 Å². The van der Waals surface area contributed by atoms with E-state index in [1.54, 1.807) is 0 Å². The second-order valence-corrected chi connectivity index (χ2v) is 5.32. The molecule has 0 bridgehead atoms. The van der Waals surface area contributed by atoms with Crippen LogP contribution >= 0.6 is 0 Å². The van der Waals surface area contributed by atoms with Gasteiger partial charge in [0.25, 0.3) is 0 Å². The number of aliphatic hydroxyl groups is 8. The number of rotatable bonds is 7. The zero-order chi connectivity index (χ0) is 17.0. The van der Waals surface area contributed by atoms with E-state index in [9.17, 15) is 30.6 Å².